The minimum Gasteiger partial charge on any atom is -0.449 e. The molecule has 3 nitrogen and oxygen atoms in total. The number of alkyl carbamates (subject to hydrolysis) is 1. The molecular formula is C11H17NO2. The lowest BCUT2D eigenvalue weighted by atomic mass is 10.4. The summed E-state index contributed by atoms with van der Waals surface area (Å²) in [6, 6.07) is 0. The minimum absolute atomic E-state index is 0.410. The maximum atomic E-state index is 11.0. The minimum atomic E-state index is -0.410. The van der Waals surface area contributed by atoms with Crippen molar-refractivity contribution in [2.45, 2.75) is 20.3 Å². The van der Waals surface area contributed by atoms with Crippen LogP contribution in [0.2, 0.25) is 0 Å². The Hall–Kier alpha value is -1.51. The second-order valence-corrected chi connectivity index (χ2v) is 2.73. The molecule has 0 aromatic carbocycles. The molecule has 0 heterocycles. The van der Waals surface area contributed by atoms with Gasteiger partial charge in [-0.2, -0.15) is 0 Å². The molecule has 0 fully saturated rings. The first-order valence-electron chi connectivity index (χ1n) is 4.60. The Bertz CT molecular complexity index is 242. The number of nitrogens with one attached hydrogen (secondary N) is 1. The maximum Gasteiger partial charge on any atom is 0.411 e. The molecule has 14 heavy (non-hydrogen) atoms. The molecule has 0 aliphatic heterocycles. The fourth-order valence-corrected chi connectivity index (χ4v) is 0.712. The predicted octanol–water partition coefficient (Wildman–Crippen LogP) is 2.77. The molecule has 0 saturated carbocycles. The summed E-state index contributed by atoms with van der Waals surface area (Å²) in [7, 11) is 0. The zero-order chi connectivity index (χ0) is 10.8. The van der Waals surface area contributed by atoms with Crippen molar-refractivity contribution in [1.29, 1.82) is 0 Å². The summed E-state index contributed by atoms with van der Waals surface area (Å²) < 4.78 is 4.83. The number of rotatable bonds is 5. The lowest BCUT2D eigenvalue weighted by Crippen LogP contribution is -2.22. The Kier molecular flexibility index (Phi) is 7.23. The summed E-state index contributed by atoms with van der Waals surface area (Å²) in [5, 5.41) is 2.59. The topological polar surface area (TPSA) is 38.3 Å². The lowest BCUT2D eigenvalue weighted by molar-refractivity contribution is 0.149. The van der Waals surface area contributed by atoms with Gasteiger partial charge < -0.3 is 4.74 Å². The van der Waals surface area contributed by atoms with E-state index in [9.17, 15) is 4.79 Å². The molecule has 0 radical (unpaired) electrons. The van der Waals surface area contributed by atoms with E-state index in [4.69, 9.17) is 4.74 Å². The highest BCUT2D eigenvalue weighted by atomic mass is 16.5. The summed E-state index contributed by atoms with van der Waals surface area (Å²) in [6.45, 7) is 7.72. The van der Waals surface area contributed by atoms with Crippen LogP contribution in [0.3, 0.4) is 0 Å². The van der Waals surface area contributed by atoms with E-state index in [1.54, 1.807) is 31.2 Å². The molecular weight excluding hydrogens is 178 g/mol. The van der Waals surface area contributed by atoms with Gasteiger partial charge >= 0.3 is 6.09 Å². The van der Waals surface area contributed by atoms with Gasteiger partial charge in [0.05, 0.1) is 6.61 Å². The molecule has 0 rings (SSSR count). The van der Waals surface area contributed by atoms with Crippen LogP contribution < -0.4 is 5.32 Å². The number of ether oxygens (including phenoxy) is 1. The predicted molar refractivity (Wildman–Crippen MR) is 57.9 cm³/mol. The summed E-state index contributed by atoms with van der Waals surface area (Å²) in [5.74, 6) is 0. The largest absolute Gasteiger partial charge is 0.449 e. The van der Waals surface area contributed by atoms with Crippen molar-refractivity contribution >= 4 is 6.09 Å². The monoisotopic (exact) mass is 195 g/mol. The molecule has 3 heteroatoms. The molecule has 0 saturated heterocycles. The molecule has 0 spiro atoms. The van der Waals surface area contributed by atoms with Crippen LogP contribution in [-0.4, -0.2) is 12.7 Å². The van der Waals surface area contributed by atoms with Crippen molar-refractivity contribution in [2.75, 3.05) is 6.61 Å². The normalized spacial score (nSPS) is 11.4. The summed E-state index contributed by atoms with van der Waals surface area (Å²) in [6.07, 6.45) is 7.43. The molecule has 1 amide bonds. The smallest absolute Gasteiger partial charge is 0.411 e. The lowest BCUT2D eigenvalue weighted by Gasteiger charge is -2.04. The van der Waals surface area contributed by atoms with Gasteiger partial charge in [0.1, 0.15) is 0 Å². The summed E-state index contributed by atoms with van der Waals surface area (Å²) in [5.41, 5.74) is 0.740. The highest BCUT2D eigenvalue weighted by molar-refractivity contribution is 5.69. The number of carbonyl (C=O) groups excluding carboxylic acids is 1. The van der Waals surface area contributed by atoms with Crippen molar-refractivity contribution in [3.05, 3.63) is 36.6 Å². The van der Waals surface area contributed by atoms with Crippen LogP contribution in [-0.2, 0) is 4.74 Å². The van der Waals surface area contributed by atoms with Crippen molar-refractivity contribution in [2.24, 2.45) is 0 Å². The first-order valence-corrected chi connectivity index (χ1v) is 4.60. The van der Waals surface area contributed by atoms with E-state index < -0.39 is 6.09 Å². The molecule has 0 aromatic rings. The summed E-state index contributed by atoms with van der Waals surface area (Å²) >= 11 is 0. The van der Waals surface area contributed by atoms with Gasteiger partial charge in [0.2, 0.25) is 0 Å². The quantitative estimate of drug-likeness (QED) is 0.685. The Morgan fingerprint density at radius 3 is 2.79 bits per heavy atom. The van der Waals surface area contributed by atoms with E-state index in [-0.39, 0.29) is 0 Å². The Morgan fingerprint density at radius 2 is 2.21 bits per heavy atom. The average molecular weight is 195 g/mol. The third kappa shape index (κ3) is 7.16. The SMILES string of the molecule is C=C/C=C\C=C(/C)NC(=O)OCCC. The number of amides is 1. The molecule has 1 N–H and O–H groups in total. The van der Waals surface area contributed by atoms with Crippen molar-refractivity contribution in [3.8, 4) is 0 Å². The average Bonchev–Trinajstić information content (AvgIpc) is 2.15. The van der Waals surface area contributed by atoms with Crippen LogP contribution in [0.4, 0.5) is 4.79 Å². The molecule has 0 unspecified atom stereocenters. The molecule has 0 atom stereocenters. The number of allylic oxidation sites excluding steroid dienone is 5. The first kappa shape index (κ1) is 12.5. The third-order valence-electron chi connectivity index (χ3n) is 1.33. The molecule has 0 aromatic heterocycles. The second kappa shape index (κ2) is 8.10. The third-order valence-corrected chi connectivity index (χ3v) is 1.33. The molecule has 0 aliphatic rings. The van der Waals surface area contributed by atoms with E-state index in [1.807, 2.05) is 6.92 Å². The highest BCUT2D eigenvalue weighted by Gasteiger charge is 1.99. The zero-order valence-electron chi connectivity index (χ0n) is 8.75. The zero-order valence-corrected chi connectivity index (χ0v) is 8.75. The van der Waals surface area contributed by atoms with Gasteiger partial charge in [-0.05, 0) is 19.4 Å². The van der Waals surface area contributed by atoms with E-state index in [2.05, 4.69) is 11.9 Å². The Labute approximate surface area is 85.1 Å². The van der Waals surface area contributed by atoms with Crippen LogP contribution in [0.25, 0.3) is 0 Å². The standard InChI is InChI=1S/C11H17NO2/c1-4-6-7-8-10(3)12-11(13)14-9-5-2/h4,6-8H,1,5,9H2,2-3H3,(H,12,13)/b7-6-,10-8+. The van der Waals surface area contributed by atoms with E-state index in [0.717, 1.165) is 12.1 Å². The van der Waals surface area contributed by atoms with Gasteiger partial charge in [-0.3, -0.25) is 5.32 Å². The van der Waals surface area contributed by atoms with Gasteiger partial charge in [-0.15, -0.1) is 0 Å². The fourth-order valence-electron chi connectivity index (χ4n) is 0.712. The molecule has 78 valence electrons. The van der Waals surface area contributed by atoms with E-state index in [1.165, 1.54) is 0 Å². The highest BCUT2D eigenvalue weighted by Crippen LogP contribution is 1.90. The molecule has 0 aliphatic carbocycles. The van der Waals surface area contributed by atoms with E-state index in [0.29, 0.717) is 6.61 Å². The van der Waals surface area contributed by atoms with Crippen LogP contribution >= 0.6 is 0 Å². The summed E-state index contributed by atoms with van der Waals surface area (Å²) in [4.78, 5) is 11.0. The Morgan fingerprint density at radius 1 is 1.50 bits per heavy atom. The van der Waals surface area contributed by atoms with Crippen LogP contribution in [0.1, 0.15) is 20.3 Å². The van der Waals surface area contributed by atoms with Crippen molar-refractivity contribution < 1.29 is 9.53 Å². The first-order chi connectivity index (χ1) is 6.70. The number of hydrogen-bond acceptors (Lipinski definition) is 2. The Balaban J connectivity index is 3.85. The maximum absolute atomic E-state index is 11.0. The van der Waals surface area contributed by atoms with Crippen molar-refractivity contribution in [3.63, 3.8) is 0 Å². The van der Waals surface area contributed by atoms with Crippen molar-refractivity contribution in [1.82, 2.24) is 5.32 Å². The molecule has 0 bridgehead atoms. The second-order valence-electron chi connectivity index (χ2n) is 2.73. The van der Waals surface area contributed by atoms with Gasteiger partial charge in [0.25, 0.3) is 0 Å². The number of carbonyl (C=O) groups is 1. The van der Waals surface area contributed by atoms with Gasteiger partial charge in [0, 0.05) is 5.70 Å². The number of hydrogen-bond donors (Lipinski definition) is 1. The van der Waals surface area contributed by atoms with Crippen LogP contribution in [0, 0.1) is 0 Å². The van der Waals surface area contributed by atoms with E-state index >= 15 is 0 Å². The van der Waals surface area contributed by atoms with Gasteiger partial charge in [0.15, 0.2) is 0 Å². The van der Waals surface area contributed by atoms with Crippen LogP contribution in [0.15, 0.2) is 36.6 Å². The van der Waals surface area contributed by atoms with Crippen LogP contribution in [0.5, 0.6) is 0 Å². The fraction of sp³-hybridized carbons (Fsp3) is 0.364. The van der Waals surface area contributed by atoms with Gasteiger partial charge in [-0.25, -0.2) is 4.79 Å². The van der Waals surface area contributed by atoms with Gasteiger partial charge in [-0.1, -0.05) is 31.7 Å².